The average molecular weight is 1020 g/mol. The van der Waals surface area contributed by atoms with Gasteiger partial charge in [0.1, 0.15) is 48.6 Å². The van der Waals surface area contributed by atoms with E-state index in [1.54, 1.807) is 46.0 Å². The maximum atomic E-state index is 16.9. The van der Waals surface area contributed by atoms with E-state index >= 15 is 19.2 Å². The number of hydrogen-bond acceptors (Lipinski definition) is 13. The van der Waals surface area contributed by atoms with Crippen molar-refractivity contribution in [3.05, 3.63) is 195 Å². The number of rotatable bonds is 11. The summed E-state index contributed by atoms with van der Waals surface area (Å²) in [5, 5.41) is 30.0. The fraction of sp³-hybridized carbons (Fsp3) is 0.288. The van der Waals surface area contributed by atoms with Gasteiger partial charge in [0.25, 0.3) is 5.69 Å². The number of imide groups is 1. The first kappa shape index (κ1) is 49.5. The number of non-ortho nitro benzene ring substituents is 1. The topological polar surface area (TPSA) is 200 Å². The Labute approximate surface area is 437 Å². The summed E-state index contributed by atoms with van der Waals surface area (Å²) < 4.78 is 20.4. The van der Waals surface area contributed by atoms with Gasteiger partial charge in [0.05, 0.1) is 40.7 Å². The van der Waals surface area contributed by atoms with E-state index in [-0.39, 0.29) is 43.3 Å². The van der Waals surface area contributed by atoms with Gasteiger partial charge in [-0.1, -0.05) is 121 Å². The minimum atomic E-state index is -2.08. The highest BCUT2D eigenvalue weighted by molar-refractivity contribution is 6.23. The number of aromatic nitrogens is 3. The molecule has 7 aromatic rings. The number of para-hydroxylation sites is 1. The summed E-state index contributed by atoms with van der Waals surface area (Å²) in [6.07, 6.45) is 2.17. The second-order valence-corrected chi connectivity index (χ2v) is 19.4. The van der Waals surface area contributed by atoms with E-state index in [9.17, 15) is 15.2 Å². The van der Waals surface area contributed by atoms with Crippen LogP contribution in [0.1, 0.15) is 83.7 Å². The number of benzene rings is 6. The number of carbonyl (C=O) groups is 4. The highest BCUT2D eigenvalue weighted by Gasteiger charge is 2.76. The van der Waals surface area contributed by atoms with Gasteiger partial charge < -0.3 is 24.2 Å². The number of nitro groups is 1. The molecule has 0 saturated carbocycles. The number of hydrogen-bond donors (Lipinski definition) is 1. The number of aliphatic hydroxyl groups excluding tert-OH is 1. The molecule has 384 valence electrons. The van der Waals surface area contributed by atoms with E-state index in [2.05, 4.69) is 22.2 Å². The molecule has 1 N–H and O–H groups in total. The molecule has 11 rings (SSSR count). The Morgan fingerprint density at radius 3 is 2.22 bits per heavy atom. The van der Waals surface area contributed by atoms with Gasteiger partial charge in [-0.3, -0.25) is 29.4 Å². The summed E-state index contributed by atoms with van der Waals surface area (Å²) in [5.74, 6) is 3.38. The normalized spacial score (nSPS) is 22.2. The van der Waals surface area contributed by atoms with Crippen molar-refractivity contribution >= 4 is 46.3 Å². The molecule has 0 unspecified atom stereocenters. The number of anilines is 1. The van der Waals surface area contributed by atoms with Crippen LogP contribution in [0.3, 0.4) is 0 Å². The molecule has 3 amide bonds. The number of nitrogens with zero attached hydrogens (tertiary/aromatic N) is 7. The largest absolute Gasteiger partial charge is 0.491 e. The third-order valence-corrected chi connectivity index (χ3v) is 15.0. The number of likely N-dealkylation sites (tertiary alicyclic amines) is 1. The third-order valence-electron chi connectivity index (χ3n) is 15.0. The first-order valence-electron chi connectivity index (χ1n) is 25.5. The molecule has 0 radical (unpaired) electrons. The second-order valence-electron chi connectivity index (χ2n) is 19.4. The van der Waals surface area contributed by atoms with Crippen molar-refractivity contribution in [3.8, 4) is 17.6 Å². The Bertz CT molecular complexity index is 3390. The number of ether oxygens (including phenoxy) is 3. The maximum absolute atomic E-state index is 16.9. The van der Waals surface area contributed by atoms with Gasteiger partial charge in [-0.2, -0.15) is 0 Å². The molecule has 17 heteroatoms. The standard InChI is InChI=1S/C59H53N7O10/c67-34-35-74-45-22-14-21-43(37-45)54-59(50(55(68)62-31-12-2-1-3-13-32-62)52-56(69)76-53(42-19-8-5-9-20-42)51(65(52)54)41-17-6-4-7-18-41)46-36-39(16-15-33-63-49-24-11-10-23-47(49)60-61-63)27-30-48(46)64(57(59)70)58(71)75-38-40-25-28-44(29-26-40)66(72)73/h4-11,14,17-30,36-37,50-54,67H,1-3,12-13,31-35,38H2/t50-,51-,52-,53+,54+,59-/m1/s1. The number of fused-ring (bicyclic) bond motifs is 4. The summed E-state index contributed by atoms with van der Waals surface area (Å²) in [6.45, 7) is 0.230. The predicted molar refractivity (Wildman–Crippen MR) is 278 cm³/mol. The van der Waals surface area contributed by atoms with E-state index in [0.717, 1.165) is 35.2 Å². The Balaban J connectivity index is 1.16. The van der Waals surface area contributed by atoms with Crippen LogP contribution in [-0.2, 0) is 42.4 Å². The molecular formula is C59H53N7O10. The minimum Gasteiger partial charge on any atom is -0.491 e. The van der Waals surface area contributed by atoms with E-state index < -0.39 is 64.4 Å². The molecule has 6 aromatic carbocycles. The van der Waals surface area contributed by atoms with Crippen LogP contribution in [-0.4, -0.2) is 91.0 Å². The molecule has 76 heavy (non-hydrogen) atoms. The lowest BCUT2D eigenvalue weighted by Gasteiger charge is -2.46. The van der Waals surface area contributed by atoms with Crippen molar-refractivity contribution < 1.29 is 43.4 Å². The zero-order valence-corrected chi connectivity index (χ0v) is 41.4. The zero-order chi connectivity index (χ0) is 52.3. The monoisotopic (exact) mass is 1020 g/mol. The highest BCUT2D eigenvalue weighted by Crippen LogP contribution is 2.66. The first-order chi connectivity index (χ1) is 37.2. The molecule has 3 fully saturated rings. The summed E-state index contributed by atoms with van der Waals surface area (Å²) in [5.41, 5.74) is 2.43. The van der Waals surface area contributed by atoms with Crippen molar-refractivity contribution in [2.45, 2.75) is 74.9 Å². The lowest BCUT2D eigenvalue weighted by molar-refractivity contribution is -0.384. The van der Waals surface area contributed by atoms with Gasteiger partial charge in [0.15, 0.2) is 0 Å². The van der Waals surface area contributed by atoms with E-state index in [0.29, 0.717) is 59.5 Å². The van der Waals surface area contributed by atoms with Crippen molar-refractivity contribution in [2.75, 3.05) is 31.2 Å². The molecule has 17 nitrogen and oxygen atoms in total. The van der Waals surface area contributed by atoms with Crippen molar-refractivity contribution in [1.29, 1.82) is 0 Å². The first-order valence-corrected chi connectivity index (χ1v) is 25.5. The van der Waals surface area contributed by atoms with E-state index in [1.807, 2.05) is 95.9 Å². The molecule has 4 aliphatic rings. The summed E-state index contributed by atoms with van der Waals surface area (Å²) in [4.78, 5) is 79.7. The van der Waals surface area contributed by atoms with Gasteiger partial charge in [0.2, 0.25) is 11.8 Å². The predicted octanol–water partition coefficient (Wildman–Crippen LogP) is 8.56. The van der Waals surface area contributed by atoms with Gasteiger partial charge >= 0.3 is 12.1 Å². The number of esters is 1. The SMILES string of the molecule is O=C1O[C@@H](c2ccccc2)[C@@H](c2ccccc2)N2[C@@H](c3cccc(OCCO)c3)[C@]3(C(=O)N(C(=O)OCc4ccc([N+](=O)[O-])cc4)c4ccc(C#CCn5nnc6ccccc65)cc43)[C@@H](C(=O)N3CCCCCCC3)[C@H]12. The summed E-state index contributed by atoms with van der Waals surface area (Å²) >= 11 is 0. The van der Waals surface area contributed by atoms with Crippen LogP contribution in [0.25, 0.3) is 11.0 Å². The Hall–Kier alpha value is -8.72. The summed E-state index contributed by atoms with van der Waals surface area (Å²) in [6, 6.07) is 40.7. The number of amides is 3. The summed E-state index contributed by atoms with van der Waals surface area (Å²) in [7, 11) is 0. The quantitative estimate of drug-likeness (QED) is 0.0560. The van der Waals surface area contributed by atoms with E-state index in [4.69, 9.17) is 14.2 Å². The van der Waals surface area contributed by atoms with E-state index in [1.165, 1.54) is 24.3 Å². The smallest absolute Gasteiger partial charge is 0.421 e. The van der Waals surface area contributed by atoms with Gasteiger partial charge in [-0.05, 0) is 95.3 Å². The molecule has 0 aliphatic carbocycles. The zero-order valence-electron chi connectivity index (χ0n) is 41.4. The van der Waals surface area contributed by atoms with Crippen LogP contribution in [0.15, 0.2) is 152 Å². The number of cyclic esters (lactones) is 1. The van der Waals surface area contributed by atoms with Crippen LogP contribution in [0.4, 0.5) is 16.2 Å². The molecule has 1 aromatic heterocycles. The number of morpholine rings is 1. The lowest BCUT2D eigenvalue weighted by Crippen LogP contribution is -2.56. The van der Waals surface area contributed by atoms with Gasteiger partial charge in [-0.15, -0.1) is 5.10 Å². The number of carbonyl (C=O) groups excluding carboxylic acids is 4. The molecule has 4 aliphatic heterocycles. The van der Waals surface area contributed by atoms with Crippen molar-refractivity contribution in [3.63, 3.8) is 0 Å². The van der Waals surface area contributed by atoms with Crippen LogP contribution >= 0.6 is 0 Å². The molecule has 5 heterocycles. The van der Waals surface area contributed by atoms with Crippen LogP contribution in [0.5, 0.6) is 5.75 Å². The van der Waals surface area contributed by atoms with Gasteiger partial charge in [0, 0.05) is 30.8 Å². The van der Waals surface area contributed by atoms with Gasteiger partial charge in [-0.25, -0.2) is 14.4 Å². The molecule has 0 bridgehead atoms. The average Bonchev–Trinajstić information content (AvgIpc) is 4.21. The Kier molecular flexibility index (Phi) is 13.8. The maximum Gasteiger partial charge on any atom is 0.421 e. The lowest BCUT2D eigenvalue weighted by atomic mass is 9.64. The molecule has 3 saturated heterocycles. The van der Waals surface area contributed by atoms with Crippen molar-refractivity contribution in [2.24, 2.45) is 5.92 Å². The fourth-order valence-electron chi connectivity index (χ4n) is 11.7. The number of aliphatic hydroxyl groups is 1. The minimum absolute atomic E-state index is 0.0424. The van der Waals surface area contributed by atoms with Crippen molar-refractivity contribution in [1.82, 2.24) is 24.8 Å². The van der Waals surface area contributed by atoms with Crippen LogP contribution in [0.2, 0.25) is 0 Å². The molecular weight excluding hydrogens is 967 g/mol. The fourth-order valence-corrected chi connectivity index (χ4v) is 11.7. The molecule has 6 atom stereocenters. The second kappa shape index (κ2) is 21.3. The Morgan fingerprint density at radius 1 is 0.789 bits per heavy atom. The highest BCUT2D eigenvalue weighted by atomic mass is 16.6. The van der Waals surface area contributed by atoms with Crippen LogP contribution < -0.4 is 9.64 Å². The molecule has 1 spiro atoms. The number of nitro benzene ring substituents is 1. The Morgan fingerprint density at radius 2 is 1.49 bits per heavy atom. The third kappa shape index (κ3) is 8.98. The van der Waals surface area contributed by atoms with Crippen LogP contribution in [0, 0.1) is 27.9 Å².